The Balaban J connectivity index is 2.08. The molecule has 3 nitrogen and oxygen atoms in total. The maximum Gasteiger partial charge on any atom is 0.238 e. The lowest BCUT2D eigenvalue weighted by atomic mass is 10.1. The maximum atomic E-state index is 14.0. The summed E-state index contributed by atoms with van der Waals surface area (Å²) in [5, 5.41) is -0.449. The number of hydrogen-bond donors (Lipinski definition) is 1. The van der Waals surface area contributed by atoms with Crippen LogP contribution in [0.2, 0.25) is 0 Å². The molecule has 1 fully saturated rings. The van der Waals surface area contributed by atoms with E-state index in [2.05, 4.69) is 0 Å². The number of rotatable bonds is 2. The number of amides is 1. The Morgan fingerprint density at radius 2 is 1.95 bits per heavy atom. The van der Waals surface area contributed by atoms with Crippen LogP contribution < -0.4 is 10.6 Å². The Hall–Kier alpha value is -2.08. The van der Waals surface area contributed by atoms with Gasteiger partial charge in [0.05, 0.1) is 11.4 Å². The highest BCUT2D eigenvalue weighted by Gasteiger charge is 2.36. The highest BCUT2D eigenvalue weighted by Crippen LogP contribution is 2.44. The van der Waals surface area contributed by atoms with Crippen molar-refractivity contribution in [2.45, 2.75) is 5.37 Å². The van der Waals surface area contributed by atoms with E-state index < -0.39 is 17.0 Å². The molecular formula is C15H12F2N2OS. The molecule has 2 aromatic carbocycles. The number of halogens is 2. The number of benzene rings is 2. The van der Waals surface area contributed by atoms with Crippen molar-refractivity contribution in [2.24, 2.45) is 0 Å². The Morgan fingerprint density at radius 1 is 1.19 bits per heavy atom. The van der Waals surface area contributed by atoms with Crippen molar-refractivity contribution in [2.75, 3.05) is 16.4 Å². The summed E-state index contributed by atoms with van der Waals surface area (Å²) in [5.74, 6) is -1.28. The predicted molar refractivity (Wildman–Crippen MR) is 79.9 cm³/mol. The van der Waals surface area contributed by atoms with Crippen LogP contribution in [0.1, 0.15) is 10.9 Å². The fourth-order valence-electron chi connectivity index (χ4n) is 2.32. The molecule has 0 aromatic heterocycles. The topological polar surface area (TPSA) is 46.3 Å². The summed E-state index contributed by atoms with van der Waals surface area (Å²) in [6.07, 6.45) is 0. The number of nitrogen functional groups attached to an aromatic ring is 1. The average molecular weight is 306 g/mol. The third kappa shape index (κ3) is 2.47. The number of para-hydroxylation sites is 1. The molecule has 1 saturated heterocycles. The first-order chi connectivity index (χ1) is 10.1. The van der Waals surface area contributed by atoms with E-state index in [-0.39, 0.29) is 17.3 Å². The van der Waals surface area contributed by atoms with Crippen LogP contribution in [0.3, 0.4) is 0 Å². The predicted octanol–water partition coefficient (Wildman–Crippen LogP) is 3.33. The van der Waals surface area contributed by atoms with Gasteiger partial charge in [0.15, 0.2) is 0 Å². The Kier molecular flexibility index (Phi) is 3.55. The van der Waals surface area contributed by atoms with Gasteiger partial charge >= 0.3 is 0 Å². The largest absolute Gasteiger partial charge is 0.398 e. The first kappa shape index (κ1) is 13.9. The van der Waals surface area contributed by atoms with Crippen LogP contribution >= 0.6 is 11.8 Å². The third-order valence-corrected chi connectivity index (χ3v) is 4.49. The minimum Gasteiger partial charge on any atom is -0.398 e. The lowest BCUT2D eigenvalue weighted by Gasteiger charge is -2.25. The minimum atomic E-state index is -0.633. The van der Waals surface area contributed by atoms with Crippen molar-refractivity contribution in [3.63, 3.8) is 0 Å². The van der Waals surface area contributed by atoms with E-state index in [0.29, 0.717) is 5.69 Å². The molecule has 1 heterocycles. The molecule has 2 N–H and O–H groups in total. The number of nitrogens with zero attached hydrogens (tertiary/aromatic N) is 1. The molecule has 1 aliphatic heterocycles. The van der Waals surface area contributed by atoms with Crippen molar-refractivity contribution >= 4 is 29.0 Å². The summed E-state index contributed by atoms with van der Waals surface area (Å²) < 4.78 is 27.4. The summed E-state index contributed by atoms with van der Waals surface area (Å²) in [6.45, 7) is 0. The van der Waals surface area contributed by atoms with Crippen molar-refractivity contribution < 1.29 is 13.6 Å². The van der Waals surface area contributed by atoms with Gasteiger partial charge in [0, 0.05) is 17.3 Å². The van der Waals surface area contributed by atoms with E-state index in [9.17, 15) is 13.6 Å². The van der Waals surface area contributed by atoms with E-state index in [1.165, 1.54) is 16.7 Å². The second-order valence-electron chi connectivity index (χ2n) is 4.65. The monoisotopic (exact) mass is 306 g/mol. The van der Waals surface area contributed by atoms with Crippen LogP contribution in [0.25, 0.3) is 0 Å². The van der Waals surface area contributed by atoms with Crippen LogP contribution in [-0.4, -0.2) is 11.7 Å². The van der Waals surface area contributed by atoms with Crippen LogP contribution in [0.4, 0.5) is 20.2 Å². The molecule has 1 amide bonds. The Bertz CT molecular complexity index is 708. The first-order valence-electron chi connectivity index (χ1n) is 6.31. The van der Waals surface area contributed by atoms with Crippen LogP contribution in [0.5, 0.6) is 0 Å². The van der Waals surface area contributed by atoms with E-state index in [0.717, 1.165) is 23.8 Å². The second-order valence-corrected chi connectivity index (χ2v) is 5.72. The minimum absolute atomic E-state index is 0.0572. The summed E-state index contributed by atoms with van der Waals surface area (Å²) in [7, 11) is 0. The number of nitrogens with two attached hydrogens (primary N) is 1. The van der Waals surface area contributed by atoms with Crippen LogP contribution in [0.15, 0.2) is 42.5 Å². The highest BCUT2D eigenvalue weighted by molar-refractivity contribution is 8.00. The van der Waals surface area contributed by atoms with Gasteiger partial charge in [0.2, 0.25) is 5.91 Å². The lowest BCUT2D eigenvalue weighted by molar-refractivity contribution is -0.115. The molecule has 0 bridgehead atoms. The Labute approximate surface area is 124 Å². The van der Waals surface area contributed by atoms with Gasteiger partial charge in [-0.15, -0.1) is 11.8 Å². The normalized spacial score (nSPS) is 18.3. The lowest BCUT2D eigenvalue weighted by Crippen LogP contribution is -2.29. The number of carbonyl (C=O) groups excluding carboxylic acids is 1. The summed E-state index contributed by atoms with van der Waals surface area (Å²) >= 11 is 1.34. The summed E-state index contributed by atoms with van der Waals surface area (Å²) in [5.41, 5.74) is 7.12. The SMILES string of the molecule is Nc1ccccc1[C@H]1SCC(=O)N1c1cc(F)ccc1F. The molecule has 21 heavy (non-hydrogen) atoms. The third-order valence-electron chi connectivity index (χ3n) is 3.30. The molecule has 0 radical (unpaired) electrons. The summed E-state index contributed by atoms with van der Waals surface area (Å²) in [6, 6.07) is 10.2. The van der Waals surface area contributed by atoms with E-state index in [1.54, 1.807) is 24.3 Å². The standard InChI is InChI=1S/C15H12F2N2OS/c16-9-5-6-11(17)13(7-9)19-14(20)8-21-15(19)10-3-1-2-4-12(10)18/h1-7,15H,8,18H2/t15-/m1/s1. The van der Waals surface area contributed by atoms with Gasteiger partial charge in [-0.05, 0) is 18.2 Å². The van der Waals surface area contributed by atoms with E-state index >= 15 is 0 Å². The fourth-order valence-corrected chi connectivity index (χ4v) is 3.53. The van der Waals surface area contributed by atoms with Gasteiger partial charge in [-0.3, -0.25) is 9.69 Å². The zero-order valence-electron chi connectivity index (χ0n) is 10.9. The zero-order chi connectivity index (χ0) is 15.0. The summed E-state index contributed by atoms with van der Waals surface area (Å²) in [4.78, 5) is 13.4. The molecule has 0 spiro atoms. The molecule has 0 unspecified atom stereocenters. The molecule has 6 heteroatoms. The number of anilines is 2. The van der Waals surface area contributed by atoms with Crippen molar-refractivity contribution in [3.8, 4) is 0 Å². The molecule has 0 saturated carbocycles. The van der Waals surface area contributed by atoms with Gasteiger partial charge in [-0.25, -0.2) is 8.78 Å². The molecule has 108 valence electrons. The molecule has 1 atom stereocenters. The van der Waals surface area contributed by atoms with Crippen molar-refractivity contribution in [1.82, 2.24) is 0 Å². The van der Waals surface area contributed by atoms with Gasteiger partial charge in [0.25, 0.3) is 0 Å². The van der Waals surface area contributed by atoms with E-state index in [4.69, 9.17) is 5.73 Å². The molecule has 0 aliphatic carbocycles. The number of carbonyl (C=O) groups is 1. The maximum absolute atomic E-state index is 14.0. The van der Waals surface area contributed by atoms with Crippen LogP contribution in [-0.2, 0) is 4.79 Å². The average Bonchev–Trinajstić information content (AvgIpc) is 2.84. The molecule has 2 aromatic rings. The first-order valence-corrected chi connectivity index (χ1v) is 7.36. The quantitative estimate of drug-likeness (QED) is 0.866. The van der Waals surface area contributed by atoms with Gasteiger partial charge < -0.3 is 5.73 Å². The number of thioether (sulfide) groups is 1. The fraction of sp³-hybridized carbons (Fsp3) is 0.133. The van der Waals surface area contributed by atoms with Gasteiger partial charge in [-0.2, -0.15) is 0 Å². The molecule has 1 aliphatic rings. The Morgan fingerprint density at radius 3 is 2.71 bits per heavy atom. The second kappa shape index (κ2) is 5.37. The van der Waals surface area contributed by atoms with E-state index in [1.807, 2.05) is 0 Å². The van der Waals surface area contributed by atoms with Gasteiger partial charge in [-0.1, -0.05) is 18.2 Å². The van der Waals surface area contributed by atoms with Gasteiger partial charge in [0.1, 0.15) is 17.0 Å². The smallest absolute Gasteiger partial charge is 0.238 e. The zero-order valence-corrected chi connectivity index (χ0v) is 11.7. The number of hydrogen-bond acceptors (Lipinski definition) is 3. The van der Waals surface area contributed by atoms with Crippen molar-refractivity contribution in [1.29, 1.82) is 0 Å². The van der Waals surface area contributed by atoms with Crippen LogP contribution in [0, 0.1) is 11.6 Å². The molecule has 3 rings (SSSR count). The molecular weight excluding hydrogens is 294 g/mol. The highest BCUT2D eigenvalue weighted by atomic mass is 32.2. The van der Waals surface area contributed by atoms with Crippen molar-refractivity contribution in [3.05, 3.63) is 59.7 Å².